The SMILES string of the molecule is CN[C@H](C)c1cc(I)ccc1I. The van der Waals surface area contributed by atoms with E-state index in [-0.39, 0.29) is 0 Å². The van der Waals surface area contributed by atoms with Crippen molar-refractivity contribution in [3.05, 3.63) is 30.9 Å². The van der Waals surface area contributed by atoms with E-state index in [1.54, 1.807) is 0 Å². The molecule has 0 radical (unpaired) electrons. The molecule has 0 amide bonds. The van der Waals surface area contributed by atoms with E-state index in [1.807, 2.05) is 7.05 Å². The normalized spacial score (nSPS) is 13.0. The first-order valence-corrected chi connectivity index (χ1v) is 5.93. The summed E-state index contributed by atoms with van der Waals surface area (Å²) in [4.78, 5) is 0. The molecule has 12 heavy (non-hydrogen) atoms. The molecule has 1 aromatic carbocycles. The molecule has 1 aromatic rings. The monoisotopic (exact) mass is 387 g/mol. The quantitative estimate of drug-likeness (QED) is 0.770. The van der Waals surface area contributed by atoms with Gasteiger partial charge in [0.05, 0.1) is 0 Å². The fourth-order valence-corrected chi connectivity index (χ4v) is 2.32. The second kappa shape index (κ2) is 4.76. The Kier molecular flexibility index (Phi) is 4.25. The maximum atomic E-state index is 3.24. The van der Waals surface area contributed by atoms with Crippen LogP contribution in [0.1, 0.15) is 18.5 Å². The van der Waals surface area contributed by atoms with Crippen LogP contribution in [0.3, 0.4) is 0 Å². The average molecular weight is 387 g/mol. The summed E-state index contributed by atoms with van der Waals surface area (Å²) in [5, 5.41) is 3.24. The molecule has 0 unspecified atom stereocenters. The van der Waals surface area contributed by atoms with Gasteiger partial charge in [-0.1, -0.05) is 0 Å². The summed E-state index contributed by atoms with van der Waals surface area (Å²) >= 11 is 4.71. The zero-order valence-corrected chi connectivity index (χ0v) is 11.4. The minimum absolute atomic E-state index is 0.437. The fourth-order valence-electron chi connectivity index (χ4n) is 1.00. The van der Waals surface area contributed by atoms with Gasteiger partial charge < -0.3 is 5.32 Å². The second-order valence-electron chi connectivity index (χ2n) is 2.68. The van der Waals surface area contributed by atoms with Crippen molar-refractivity contribution in [1.82, 2.24) is 5.32 Å². The van der Waals surface area contributed by atoms with Crippen LogP contribution in [0.15, 0.2) is 18.2 Å². The third-order valence-electron chi connectivity index (χ3n) is 1.86. The zero-order valence-electron chi connectivity index (χ0n) is 7.07. The predicted molar refractivity (Wildman–Crippen MR) is 69.4 cm³/mol. The van der Waals surface area contributed by atoms with Gasteiger partial charge in [-0.2, -0.15) is 0 Å². The minimum Gasteiger partial charge on any atom is -0.313 e. The molecule has 1 atom stereocenters. The first-order chi connectivity index (χ1) is 5.65. The van der Waals surface area contributed by atoms with Crippen molar-refractivity contribution in [2.24, 2.45) is 0 Å². The van der Waals surface area contributed by atoms with E-state index >= 15 is 0 Å². The molecule has 1 nitrogen and oxygen atoms in total. The fraction of sp³-hybridized carbons (Fsp3) is 0.333. The van der Waals surface area contributed by atoms with Gasteiger partial charge in [0, 0.05) is 13.2 Å². The molecule has 0 spiro atoms. The summed E-state index contributed by atoms with van der Waals surface area (Å²) in [7, 11) is 1.99. The number of hydrogen-bond donors (Lipinski definition) is 1. The molecule has 0 bridgehead atoms. The Bertz CT molecular complexity index is 273. The highest BCUT2D eigenvalue weighted by molar-refractivity contribution is 14.1. The molecule has 0 fully saturated rings. The van der Waals surface area contributed by atoms with Crippen LogP contribution in [-0.2, 0) is 0 Å². The van der Waals surface area contributed by atoms with Gasteiger partial charge in [-0.25, -0.2) is 0 Å². The summed E-state index contributed by atoms with van der Waals surface area (Å²) in [5.74, 6) is 0. The number of hydrogen-bond acceptors (Lipinski definition) is 1. The Morgan fingerprint density at radius 3 is 2.58 bits per heavy atom. The van der Waals surface area contributed by atoms with E-state index < -0.39 is 0 Å². The lowest BCUT2D eigenvalue weighted by atomic mass is 10.1. The van der Waals surface area contributed by atoms with E-state index in [4.69, 9.17) is 0 Å². The van der Waals surface area contributed by atoms with E-state index in [0.717, 1.165) is 0 Å². The Hall–Kier alpha value is 0.640. The molecule has 0 aliphatic heterocycles. The minimum atomic E-state index is 0.437. The lowest BCUT2D eigenvalue weighted by molar-refractivity contribution is 0.649. The van der Waals surface area contributed by atoms with Gasteiger partial charge >= 0.3 is 0 Å². The predicted octanol–water partition coefficient (Wildman–Crippen LogP) is 3.18. The molecule has 1 rings (SSSR count). The van der Waals surface area contributed by atoms with Crippen LogP contribution in [0.4, 0.5) is 0 Å². The van der Waals surface area contributed by atoms with Gasteiger partial charge in [-0.05, 0) is 82.9 Å². The molecule has 0 aliphatic carbocycles. The summed E-state index contributed by atoms with van der Waals surface area (Å²) in [5.41, 5.74) is 1.38. The van der Waals surface area contributed by atoms with Gasteiger partial charge in [-0.15, -0.1) is 0 Å². The van der Waals surface area contributed by atoms with Crippen molar-refractivity contribution < 1.29 is 0 Å². The number of nitrogens with one attached hydrogen (secondary N) is 1. The topological polar surface area (TPSA) is 12.0 Å². The molecule has 0 saturated heterocycles. The molecular weight excluding hydrogens is 376 g/mol. The lowest BCUT2D eigenvalue weighted by Gasteiger charge is -2.12. The van der Waals surface area contributed by atoms with Gasteiger partial charge in [0.25, 0.3) is 0 Å². The molecule has 0 heterocycles. The Labute approximate surface area is 101 Å². The highest BCUT2D eigenvalue weighted by Gasteiger charge is 2.06. The number of benzene rings is 1. The standard InChI is InChI=1S/C9H11I2N/c1-6(12-2)8-5-7(10)3-4-9(8)11/h3-6,12H,1-2H3/t6-/m1/s1. The van der Waals surface area contributed by atoms with E-state index in [9.17, 15) is 0 Å². The van der Waals surface area contributed by atoms with E-state index in [2.05, 4.69) is 75.6 Å². The van der Waals surface area contributed by atoms with E-state index in [1.165, 1.54) is 12.7 Å². The maximum Gasteiger partial charge on any atom is 0.0299 e. The van der Waals surface area contributed by atoms with Crippen molar-refractivity contribution in [3.63, 3.8) is 0 Å². The summed E-state index contributed by atoms with van der Waals surface area (Å²) in [6.45, 7) is 2.17. The van der Waals surface area contributed by atoms with Crippen LogP contribution < -0.4 is 5.32 Å². The van der Waals surface area contributed by atoms with Crippen LogP contribution in [0.25, 0.3) is 0 Å². The number of halogens is 2. The number of rotatable bonds is 2. The molecule has 0 aromatic heterocycles. The molecule has 0 aliphatic rings. The Morgan fingerprint density at radius 2 is 2.00 bits per heavy atom. The van der Waals surface area contributed by atoms with Crippen molar-refractivity contribution >= 4 is 45.2 Å². The van der Waals surface area contributed by atoms with Crippen molar-refractivity contribution in [2.75, 3.05) is 7.05 Å². The summed E-state index contributed by atoms with van der Waals surface area (Å²) in [6, 6.07) is 6.95. The Morgan fingerprint density at radius 1 is 1.33 bits per heavy atom. The average Bonchev–Trinajstić information content (AvgIpc) is 2.08. The molecule has 66 valence electrons. The lowest BCUT2D eigenvalue weighted by Crippen LogP contribution is -2.13. The molecule has 0 saturated carbocycles. The van der Waals surface area contributed by atoms with Gasteiger partial charge in [0.1, 0.15) is 0 Å². The van der Waals surface area contributed by atoms with Crippen LogP contribution in [0.5, 0.6) is 0 Å². The third-order valence-corrected chi connectivity index (χ3v) is 3.51. The van der Waals surface area contributed by atoms with Crippen molar-refractivity contribution in [1.29, 1.82) is 0 Å². The van der Waals surface area contributed by atoms with Crippen molar-refractivity contribution in [3.8, 4) is 0 Å². The Balaban J connectivity index is 3.04. The highest BCUT2D eigenvalue weighted by atomic mass is 127. The maximum absolute atomic E-state index is 3.24. The molecular formula is C9H11I2N. The van der Waals surface area contributed by atoms with Crippen LogP contribution in [-0.4, -0.2) is 7.05 Å². The second-order valence-corrected chi connectivity index (χ2v) is 5.08. The van der Waals surface area contributed by atoms with Gasteiger partial charge in [0.2, 0.25) is 0 Å². The molecule has 1 N–H and O–H groups in total. The van der Waals surface area contributed by atoms with E-state index in [0.29, 0.717) is 6.04 Å². The zero-order chi connectivity index (χ0) is 9.14. The van der Waals surface area contributed by atoms with Crippen LogP contribution in [0.2, 0.25) is 0 Å². The third kappa shape index (κ3) is 2.56. The van der Waals surface area contributed by atoms with Crippen LogP contribution >= 0.6 is 45.2 Å². The van der Waals surface area contributed by atoms with Crippen LogP contribution in [0, 0.1) is 7.14 Å². The first kappa shape index (κ1) is 10.7. The first-order valence-electron chi connectivity index (χ1n) is 3.77. The van der Waals surface area contributed by atoms with Gasteiger partial charge in [0.15, 0.2) is 0 Å². The van der Waals surface area contributed by atoms with Crippen molar-refractivity contribution in [2.45, 2.75) is 13.0 Å². The summed E-state index contributed by atoms with van der Waals surface area (Å²) in [6.07, 6.45) is 0. The largest absolute Gasteiger partial charge is 0.313 e. The van der Waals surface area contributed by atoms with Gasteiger partial charge in [-0.3, -0.25) is 0 Å². The molecule has 3 heteroatoms. The smallest absolute Gasteiger partial charge is 0.0299 e. The summed E-state index contributed by atoms with van der Waals surface area (Å²) < 4.78 is 2.62. The highest BCUT2D eigenvalue weighted by Crippen LogP contribution is 2.21.